The number of carbonyl (C=O) groups is 1. The predicted octanol–water partition coefficient (Wildman–Crippen LogP) is 3.46. The third kappa shape index (κ3) is 5.41. The number of piperidine rings is 1. The molecule has 0 bridgehead atoms. The fourth-order valence-corrected chi connectivity index (χ4v) is 4.46. The quantitative estimate of drug-likeness (QED) is 0.750. The van der Waals surface area contributed by atoms with Gasteiger partial charge in [0, 0.05) is 30.2 Å². The Balaban J connectivity index is 1.63. The second-order valence-corrected chi connectivity index (χ2v) is 8.74. The van der Waals surface area contributed by atoms with Gasteiger partial charge in [0.15, 0.2) is 0 Å². The summed E-state index contributed by atoms with van der Waals surface area (Å²) in [7, 11) is -3.85. The van der Waals surface area contributed by atoms with E-state index in [-0.39, 0.29) is 17.3 Å². The van der Waals surface area contributed by atoms with E-state index in [2.05, 4.69) is 4.72 Å². The summed E-state index contributed by atoms with van der Waals surface area (Å²) in [4.78, 5) is 13.9. The van der Waals surface area contributed by atoms with Crippen LogP contribution in [0.2, 0.25) is 5.02 Å². The average Bonchev–Trinajstić information content (AvgIpc) is 2.67. The Morgan fingerprint density at radius 3 is 2.68 bits per heavy atom. The molecule has 1 aliphatic rings. The van der Waals surface area contributed by atoms with Crippen molar-refractivity contribution < 1.29 is 17.6 Å². The minimum absolute atomic E-state index is 0.126. The summed E-state index contributed by atoms with van der Waals surface area (Å²) < 4.78 is 40.8. The molecule has 1 amide bonds. The molecular formula is C20H20ClFN2O3S. The zero-order valence-corrected chi connectivity index (χ0v) is 16.6. The fourth-order valence-electron chi connectivity index (χ4n) is 3.04. The van der Waals surface area contributed by atoms with Gasteiger partial charge in [0.25, 0.3) is 0 Å². The first kappa shape index (κ1) is 20.5. The first-order valence-corrected chi connectivity index (χ1v) is 10.7. The smallest absolute Gasteiger partial charge is 0.246 e. The molecule has 3 rings (SSSR count). The lowest BCUT2D eigenvalue weighted by atomic mass is 10.1. The van der Waals surface area contributed by atoms with Crippen LogP contribution in [0, 0.1) is 5.82 Å². The number of carbonyl (C=O) groups excluding carboxylic acids is 1. The Kier molecular flexibility index (Phi) is 6.49. The number of sulfonamides is 1. The molecule has 0 aliphatic carbocycles. The predicted molar refractivity (Wildman–Crippen MR) is 107 cm³/mol. The van der Waals surface area contributed by atoms with Crippen molar-refractivity contribution in [3.8, 4) is 0 Å². The van der Waals surface area contributed by atoms with Gasteiger partial charge in [-0.15, -0.1) is 0 Å². The van der Waals surface area contributed by atoms with E-state index in [1.807, 2.05) is 0 Å². The van der Waals surface area contributed by atoms with Crippen LogP contribution in [0.5, 0.6) is 0 Å². The topological polar surface area (TPSA) is 66.5 Å². The summed E-state index contributed by atoms with van der Waals surface area (Å²) in [6.07, 6.45) is 4.45. The molecule has 0 saturated carbocycles. The van der Waals surface area contributed by atoms with E-state index in [4.69, 9.17) is 11.6 Å². The monoisotopic (exact) mass is 422 g/mol. The number of likely N-dealkylation sites (tertiary alicyclic amines) is 1. The van der Waals surface area contributed by atoms with E-state index in [9.17, 15) is 17.6 Å². The van der Waals surface area contributed by atoms with Gasteiger partial charge in [-0.3, -0.25) is 4.79 Å². The zero-order chi connectivity index (χ0) is 20.1. The van der Waals surface area contributed by atoms with E-state index in [0.29, 0.717) is 24.4 Å². The maximum absolute atomic E-state index is 13.3. The van der Waals surface area contributed by atoms with Gasteiger partial charge in [-0.25, -0.2) is 17.5 Å². The Morgan fingerprint density at radius 2 is 1.96 bits per heavy atom. The lowest BCUT2D eigenvalue weighted by Gasteiger charge is -2.32. The molecule has 0 radical (unpaired) electrons. The highest BCUT2D eigenvalue weighted by Gasteiger charge is 2.27. The van der Waals surface area contributed by atoms with E-state index in [1.165, 1.54) is 24.3 Å². The van der Waals surface area contributed by atoms with Crippen LogP contribution >= 0.6 is 11.6 Å². The van der Waals surface area contributed by atoms with Crippen molar-refractivity contribution in [1.29, 1.82) is 0 Å². The Morgan fingerprint density at radius 1 is 1.21 bits per heavy atom. The molecular weight excluding hydrogens is 403 g/mol. The minimum Gasteiger partial charge on any atom is -0.338 e. The largest absolute Gasteiger partial charge is 0.338 e. The molecule has 1 saturated heterocycles. The van der Waals surface area contributed by atoms with Crippen molar-refractivity contribution in [3.63, 3.8) is 0 Å². The van der Waals surface area contributed by atoms with Gasteiger partial charge < -0.3 is 4.90 Å². The molecule has 8 heteroatoms. The van der Waals surface area contributed by atoms with Gasteiger partial charge in [0.2, 0.25) is 15.9 Å². The number of nitrogens with zero attached hydrogens (tertiary/aromatic N) is 1. The van der Waals surface area contributed by atoms with Gasteiger partial charge >= 0.3 is 0 Å². The molecule has 28 heavy (non-hydrogen) atoms. The first-order valence-electron chi connectivity index (χ1n) is 8.84. The van der Waals surface area contributed by atoms with Gasteiger partial charge in [0.05, 0.1) is 4.90 Å². The number of amides is 1. The summed E-state index contributed by atoms with van der Waals surface area (Å²) in [6.45, 7) is 0.820. The van der Waals surface area contributed by atoms with Crippen LogP contribution in [0.3, 0.4) is 0 Å². The molecule has 1 heterocycles. The van der Waals surface area contributed by atoms with Crippen molar-refractivity contribution in [1.82, 2.24) is 9.62 Å². The number of halogens is 2. The fraction of sp³-hybridized carbons (Fsp3) is 0.250. The summed E-state index contributed by atoms with van der Waals surface area (Å²) in [5.41, 5.74) is 0.845. The van der Waals surface area contributed by atoms with Crippen LogP contribution in [0.1, 0.15) is 18.4 Å². The second-order valence-electron chi connectivity index (χ2n) is 6.59. The van der Waals surface area contributed by atoms with Gasteiger partial charge in [-0.2, -0.15) is 0 Å². The highest BCUT2D eigenvalue weighted by Crippen LogP contribution is 2.16. The maximum Gasteiger partial charge on any atom is 0.246 e. The van der Waals surface area contributed by atoms with Crippen molar-refractivity contribution >= 4 is 33.6 Å². The van der Waals surface area contributed by atoms with Crippen LogP contribution in [-0.4, -0.2) is 38.4 Å². The molecule has 1 unspecified atom stereocenters. The molecule has 1 N–H and O–H groups in total. The van der Waals surface area contributed by atoms with Crippen LogP contribution in [0.15, 0.2) is 59.5 Å². The third-order valence-electron chi connectivity index (χ3n) is 4.45. The highest BCUT2D eigenvalue weighted by molar-refractivity contribution is 7.89. The third-order valence-corrected chi connectivity index (χ3v) is 6.22. The van der Waals surface area contributed by atoms with Gasteiger partial charge in [-0.1, -0.05) is 29.8 Å². The number of rotatable bonds is 5. The molecule has 148 valence electrons. The maximum atomic E-state index is 13.3. The van der Waals surface area contributed by atoms with Gasteiger partial charge in [-0.05, 0) is 54.8 Å². The summed E-state index contributed by atoms with van der Waals surface area (Å²) >= 11 is 5.84. The molecule has 0 spiro atoms. The number of hydrogen-bond donors (Lipinski definition) is 1. The Labute approximate surface area is 168 Å². The lowest BCUT2D eigenvalue weighted by Crippen LogP contribution is -2.49. The number of benzene rings is 2. The molecule has 0 aromatic heterocycles. The number of hydrogen-bond acceptors (Lipinski definition) is 3. The molecule has 1 aliphatic heterocycles. The van der Waals surface area contributed by atoms with Crippen molar-refractivity contribution in [2.75, 3.05) is 13.1 Å². The van der Waals surface area contributed by atoms with Crippen LogP contribution in [0.4, 0.5) is 4.39 Å². The lowest BCUT2D eigenvalue weighted by molar-refractivity contribution is -0.127. The summed E-state index contributed by atoms with van der Waals surface area (Å²) in [5, 5.41) is 0.618. The summed E-state index contributed by atoms with van der Waals surface area (Å²) in [6, 6.07) is 11.5. The molecule has 5 nitrogen and oxygen atoms in total. The Hall–Kier alpha value is -2.22. The SMILES string of the molecule is O=C(/C=C/c1ccc(Cl)cc1)N1CCCC(NS(=O)(=O)c2cccc(F)c2)C1. The molecule has 2 aromatic rings. The van der Waals surface area contributed by atoms with Crippen molar-refractivity contribution in [2.24, 2.45) is 0 Å². The van der Waals surface area contributed by atoms with E-state index >= 15 is 0 Å². The van der Waals surface area contributed by atoms with Crippen LogP contribution in [0.25, 0.3) is 6.08 Å². The summed E-state index contributed by atoms with van der Waals surface area (Å²) in [5.74, 6) is -0.805. The van der Waals surface area contributed by atoms with E-state index < -0.39 is 21.9 Å². The van der Waals surface area contributed by atoms with E-state index in [0.717, 1.165) is 11.6 Å². The average molecular weight is 423 g/mol. The van der Waals surface area contributed by atoms with E-state index in [1.54, 1.807) is 35.2 Å². The highest BCUT2D eigenvalue weighted by atomic mass is 35.5. The standard InChI is InChI=1S/C20H20ClFN2O3S/c21-16-9-6-15(7-10-16)8-11-20(25)24-12-2-4-18(14-24)23-28(26,27)19-5-1-3-17(22)13-19/h1,3,5-11,13,18,23H,2,4,12,14H2/b11-8+. The number of nitrogens with one attached hydrogen (secondary N) is 1. The molecule has 1 atom stereocenters. The zero-order valence-electron chi connectivity index (χ0n) is 15.0. The minimum atomic E-state index is -3.85. The van der Waals surface area contributed by atoms with Crippen molar-refractivity contribution in [3.05, 3.63) is 71.0 Å². The van der Waals surface area contributed by atoms with Crippen LogP contribution < -0.4 is 4.72 Å². The normalized spacial score (nSPS) is 17.8. The first-order chi connectivity index (χ1) is 13.3. The second kappa shape index (κ2) is 8.86. The van der Waals surface area contributed by atoms with Crippen LogP contribution in [-0.2, 0) is 14.8 Å². The van der Waals surface area contributed by atoms with Crippen molar-refractivity contribution in [2.45, 2.75) is 23.8 Å². The van der Waals surface area contributed by atoms with Gasteiger partial charge in [0.1, 0.15) is 5.82 Å². The molecule has 2 aromatic carbocycles. The molecule has 1 fully saturated rings. The Bertz CT molecular complexity index is 977.